The molecule has 1 amide bonds. The summed E-state index contributed by atoms with van der Waals surface area (Å²) in [6.07, 6.45) is 7.12. The van der Waals surface area contributed by atoms with Gasteiger partial charge in [0.2, 0.25) is 0 Å². The second-order valence-electron chi connectivity index (χ2n) is 9.43. The van der Waals surface area contributed by atoms with E-state index in [0.717, 1.165) is 53.0 Å². The number of carbonyl (C=O) groups is 1. The molecule has 1 saturated heterocycles. The number of rotatable bonds is 3. The topological polar surface area (TPSA) is 84.3 Å². The number of aromatic nitrogens is 4. The lowest BCUT2D eigenvalue weighted by molar-refractivity contribution is 0.0285. The summed E-state index contributed by atoms with van der Waals surface area (Å²) in [6, 6.07) is 0. The van der Waals surface area contributed by atoms with Crippen LogP contribution in [0.3, 0.4) is 0 Å². The molecule has 4 heterocycles. The van der Waals surface area contributed by atoms with E-state index in [1.165, 1.54) is 11.8 Å². The van der Waals surface area contributed by atoms with Crippen molar-refractivity contribution in [2.75, 3.05) is 30.8 Å². The van der Waals surface area contributed by atoms with Gasteiger partial charge < -0.3 is 14.5 Å². The lowest BCUT2D eigenvalue weighted by Gasteiger charge is -2.37. The molecule has 2 aliphatic rings. The molecule has 0 spiro atoms. The Hall–Kier alpha value is -2.42. The number of hydrogen-bond donors (Lipinski definition) is 0. The van der Waals surface area contributed by atoms with Crippen LogP contribution in [0.1, 0.15) is 45.5 Å². The zero-order chi connectivity index (χ0) is 22.4. The van der Waals surface area contributed by atoms with Gasteiger partial charge in [-0.2, -0.15) is 0 Å². The number of amides is 1. The third-order valence-electron chi connectivity index (χ3n) is 5.80. The van der Waals surface area contributed by atoms with Gasteiger partial charge in [-0.15, -0.1) is 0 Å². The van der Waals surface area contributed by atoms with E-state index in [0.29, 0.717) is 13.1 Å². The fourth-order valence-electron chi connectivity index (χ4n) is 4.25. The van der Waals surface area contributed by atoms with Crippen LogP contribution >= 0.6 is 11.8 Å². The molecule has 2 aromatic heterocycles. The van der Waals surface area contributed by atoms with Crippen LogP contribution in [0.2, 0.25) is 0 Å². The first kappa shape index (κ1) is 21.8. The predicted octanol–water partition coefficient (Wildman–Crippen LogP) is 3.73. The highest BCUT2D eigenvalue weighted by molar-refractivity contribution is 7.98. The van der Waals surface area contributed by atoms with Crippen molar-refractivity contribution >= 4 is 23.7 Å². The summed E-state index contributed by atoms with van der Waals surface area (Å²) in [5.41, 5.74) is 2.24. The maximum absolute atomic E-state index is 12.6. The molecule has 0 radical (unpaired) electrons. The molecule has 0 bridgehead atoms. The zero-order valence-corrected chi connectivity index (χ0v) is 19.9. The molecule has 166 valence electrons. The lowest BCUT2D eigenvalue weighted by atomic mass is 9.99. The van der Waals surface area contributed by atoms with E-state index in [4.69, 9.17) is 14.7 Å². The van der Waals surface area contributed by atoms with Gasteiger partial charge in [0.15, 0.2) is 5.16 Å². The molecule has 4 rings (SSSR count). The summed E-state index contributed by atoms with van der Waals surface area (Å²) in [7, 11) is 0. The summed E-state index contributed by atoms with van der Waals surface area (Å²) in [5, 5.41) is 0.729. The molecule has 0 unspecified atom stereocenters. The average molecular weight is 443 g/mol. The third-order valence-corrected chi connectivity index (χ3v) is 6.35. The number of thioether (sulfide) groups is 1. The van der Waals surface area contributed by atoms with Crippen LogP contribution in [-0.2, 0) is 11.2 Å². The van der Waals surface area contributed by atoms with Gasteiger partial charge in [-0.25, -0.2) is 24.7 Å². The van der Waals surface area contributed by atoms with E-state index in [-0.39, 0.29) is 11.6 Å². The first-order valence-electron chi connectivity index (χ1n) is 10.6. The first-order valence-corrected chi connectivity index (χ1v) is 11.8. The van der Waals surface area contributed by atoms with E-state index < -0.39 is 5.60 Å². The highest BCUT2D eigenvalue weighted by atomic mass is 32.2. The molecule has 0 N–H and O–H groups in total. The van der Waals surface area contributed by atoms with Crippen molar-refractivity contribution in [3.63, 3.8) is 0 Å². The van der Waals surface area contributed by atoms with Gasteiger partial charge in [0, 0.05) is 43.2 Å². The van der Waals surface area contributed by atoms with Crippen molar-refractivity contribution in [2.45, 2.75) is 63.8 Å². The summed E-state index contributed by atoms with van der Waals surface area (Å²) < 4.78 is 5.60. The molecule has 2 aliphatic heterocycles. The molecule has 1 atom stereocenters. The van der Waals surface area contributed by atoms with E-state index in [1.807, 2.05) is 51.2 Å². The summed E-state index contributed by atoms with van der Waals surface area (Å²) in [6.45, 7) is 11.9. The van der Waals surface area contributed by atoms with E-state index in [2.05, 4.69) is 21.8 Å². The minimum Gasteiger partial charge on any atom is -0.444 e. The van der Waals surface area contributed by atoms with E-state index in [1.54, 1.807) is 0 Å². The van der Waals surface area contributed by atoms with Gasteiger partial charge >= 0.3 is 6.09 Å². The fourth-order valence-corrected chi connectivity index (χ4v) is 4.61. The zero-order valence-electron chi connectivity index (χ0n) is 19.1. The summed E-state index contributed by atoms with van der Waals surface area (Å²) in [4.78, 5) is 35.2. The Morgan fingerprint density at radius 1 is 1.19 bits per heavy atom. The van der Waals surface area contributed by atoms with Crippen molar-refractivity contribution in [1.82, 2.24) is 24.8 Å². The number of likely N-dealkylation sites (tertiary alicyclic amines) is 1. The second-order valence-corrected chi connectivity index (χ2v) is 10.2. The van der Waals surface area contributed by atoms with Crippen molar-refractivity contribution in [3.05, 3.63) is 23.8 Å². The lowest BCUT2D eigenvalue weighted by Crippen LogP contribution is -2.49. The largest absolute Gasteiger partial charge is 0.444 e. The van der Waals surface area contributed by atoms with Crippen LogP contribution in [0.15, 0.2) is 17.6 Å². The highest BCUT2D eigenvalue weighted by Crippen LogP contribution is 2.41. The fraction of sp³-hybridized carbons (Fsp3) is 0.591. The van der Waals surface area contributed by atoms with Crippen molar-refractivity contribution in [2.24, 2.45) is 0 Å². The van der Waals surface area contributed by atoms with Crippen molar-refractivity contribution in [3.8, 4) is 11.3 Å². The van der Waals surface area contributed by atoms with Gasteiger partial charge in [0.05, 0.1) is 11.2 Å². The Morgan fingerprint density at radius 2 is 1.90 bits per heavy atom. The molecule has 0 aliphatic carbocycles. The maximum atomic E-state index is 12.6. The quantitative estimate of drug-likeness (QED) is 0.525. The molecule has 2 aromatic rings. The number of nitrogens with zero attached hydrogens (tertiary/aromatic N) is 6. The number of ether oxygens (including phenoxy) is 1. The van der Waals surface area contributed by atoms with Gasteiger partial charge in [-0.1, -0.05) is 11.8 Å². The van der Waals surface area contributed by atoms with Crippen molar-refractivity contribution < 1.29 is 9.53 Å². The third kappa shape index (κ3) is 4.33. The molecular formula is C22H30N6O2S. The summed E-state index contributed by atoms with van der Waals surface area (Å²) in [5.74, 6) is 1.70. The standard InChI is InChI=1S/C22H30N6O2S/c1-14-23-11-15(12-24-14)17-16-7-9-28(18(16)26-19(25-17)31-6)22(5)8-10-27(13-22)20(29)30-21(2,3)4/h11-12H,7-10,13H2,1-6H3/t22-/m0/s1. The second kappa shape index (κ2) is 7.93. The van der Waals surface area contributed by atoms with Gasteiger partial charge in [0.1, 0.15) is 17.2 Å². The molecule has 0 saturated carbocycles. The number of aryl methyl sites for hydroxylation is 1. The molecular weight excluding hydrogens is 412 g/mol. The first-order chi connectivity index (χ1) is 14.6. The van der Waals surface area contributed by atoms with Crippen LogP contribution in [0, 0.1) is 6.92 Å². The Bertz CT molecular complexity index is 991. The molecule has 1 fully saturated rings. The average Bonchev–Trinajstić information content (AvgIpc) is 3.31. The minimum atomic E-state index is -0.498. The molecule has 8 nitrogen and oxygen atoms in total. The predicted molar refractivity (Wildman–Crippen MR) is 121 cm³/mol. The number of fused-ring (bicyclic) bond motifs is 1. The Labute approximate surface area is 187 Å². The summed E-state index contributed by atoms with van der Waals surface area (Å²) >= 11 is 1.53. The molecule has 0 aromatic carbocycles. The van der Waals surface area contributed by atoms with Gasteiger partial charge in [-0.3, -0.25) is 0 Å². The number of anilines is 1. The van der Waals surface area contributed by atoms with Crippen LogP contribution < -0.4 is 4.90 Å². The SMILES string of the molecule is CSc1nc(-c2cnc(C)nc2)c2c(n1)N([C@@]1(C)CCN(C(=O)OC(C)(C)C)C1)CC2. The Kier molecular flexibility index (Phi) is 5.57. The molecule has 31 heavy (non-hydrogen) atoms. The van der Waals surface area contributed by atoms with Crippen molar-refractivity contribution in [1.29, 1.82) is 0 Å². The normalized spacial score (nSPS) is 20.8. The smallest absolute Gasteiger partial charge is 0.410 e. The Balaban J connectivity index is 1.65. The van der Waals surface area contributed by atoms with Gasteiger partial charge in [0.25, 0.3) is 0 Å². The minimum absolute atomic E-state index is 0.201. The van der Waals surface area contributed by atoms with E-state index in [9.17, 15) is 4.79 Å². The van der Waals surface area contributed by atoms with Crippen LogP contribution in [0.25, 0.3) is 11.3 Å². The van der Waals surface area contributed by atoms with Crippen LogP contribution in [0.5, 0.6) is 0 Å². The number of hydrogen-bond acceptors (Lipinski definition) is 8. The molecule has 9 heteroatoms. The maximum Gasteiger partial charge on any atom is 0.410 e. The van der Waals surface area contributed by atoms with Crippen LogP contribution in [0.4, 0.5) is 10.6 Å². The Morgan fingerprint density at radius 3 is 2.55 bits per heavy atom. The number of carbonyl (C=O) groups excluding carboxylic acids is 1. The highest BCUT2D eigenvalue weighted by Gasteiger charge is 2.45. The van der Waals surface area contributed by atoms with E-state index >= 15 is 0 Å². The monoisotopic (exact) mass is 442 g/mol. The van der Waals surface area contributed by atoms with Crippen LogP contribution in [-0.4, -0.2) is 68.0 Å². The van der Waals surface area contributed by atoms with Gasteiger partial charge in [-0.05, 0) is 53.7 Å².